The summed E-state index contributed by atoms with van der Waals surface area (Å²) < 4.78 is 13.0. The summed E-state index contributed by atoms with van der Waals surface area (Å²) in [5.74, 6) is 1.27. The van der Waals surface area contributed by atoms with E-state index in [2.05, 4.69) is 16.2 Å². The zero-order chi connectivity index (χ0) is 13.8. The van der Waals surface area contributed by atoms with Crippen molar-refractivity contribution in [1.29, 1.82) is 0 Å². The van der Waals surface area contributed by atoms with Crippen LogP contribution in [0.25, 0.3) is 0 Å². The number of carbonyl (C=O) groups excluding carboxylic acids is 1. The largest absolute Gasteiger partial charge is 0.322 e. The number of anilines is 1. The van der Waals surface area contributed by atoms with E-state index in [9.17, 15) is 9.18 Å². The van der Waals surface area contributed by atoms with Crippen molar-refractivity contribution < 1.29 is 9.18 Å². The zero-order valence-electron chi connectivity index (χ0n) is 9.65. The van der Waals surface area contributed by atoms with Gasteiger partial charge in [0.2, 0.25) is 0 Å². The molecule has 3 nitrogen and oxygen atoms in total. The molecule has 2 aromatic rings. The number of hydrogen-bond acceptors (Lipinski definition) is 2. The number of benzene rings is 1. The van der Waals surface area contributed by atoms with Crippen molar-refractivity contribution >= 4 is 23.2 Å². The molecule has 1 amide bonds. The first-order valence-electron chi connectivity index (χ1n) is 5.29. The molecule has 1 aromatic carbocycles. The van der Waals surface area contributed by atoms with Crippen molar-refractivity contribution in [2.24, 2.45) is 0 Å². The molecule has 0 saturated carbocycles. The molecule has 1 aromatic heterocycles. The molecule has 0 aliphatic rings. The smallest absolute Gasteiger partial charge is 0.258 e. The number of amides is 1. The number of halogens is 2. The molecule has 0 spiro atoms. The summed E-state index contributed by atoms with van der Waals surface area (Å²) in [6.07, 6.45) is 6.20. The highest BCUT2D eigenvalue weighted by Gasteiger charge is 2.13. The third-order valence-corrected chi connectivity index (χ3v) is 2.64. The average molecular weight is 275 g/mol. The van der Waals surface area contributed by atoms with Crippen molar-refractivity contribution in [1.82, 2.24) is 4.98 Å². The molecule has 1 heterocycles. The highest BCUT2D eigenvalue weighted by Crippen LogP contribution is 2.17. The number of nitrogens with zero attached hydrogens (tertiary/aromatic N) is 1. The molecule has 0 aliphatic heterocycles. The van der Waals surface area contributed by atoms with Crippen LogP contribution in [-0.4, -0.2) is 10.9 Å². The number of rotatable bonds is 2. The van der Waals surface area contributed by atoms with Gasteiger partial charge < -0.3 is 5.32 Å². The van der Waals surface area contributed by atoms with Gasteiger partial charge in [0.1, 0.15) is 11.0 Å². The summed E-state index contributed by atoms with van der Waals surface area (Å²) in [7, 11) is 0. The highest BCUT2D eigenvalue weighted by molar-refractivity contribution is 6.33. The van der Waals surface area contributed by atoms with Crippen LogP contribution in [0.2, 0.25) is 5.15 Å². The van der Waals surface area contributed by atoms with Crippen molar-refractivity contribution in [3.8, 4) is 12.3 Å². The van der Waals surface area contributed by atoms with Gasteiger partial charge in [0.15, 0.2) is 0 Å². The molecule has 0 atom stereocenters. The SMILES string of the molecule is C#Cc1cccc(NC(=O)c2cc(F)cnc2Cl)c1. The monoisotopic (exact) mass is 274 g/mol. The molecule has 0 radical (unpaired) electrons. The maximum atomic E-state index is 13.0. The lowest BCUT2D eigenvalue weighted by Gasteiger charge is -2.06. The second-order valence-electron chi connectivity index (χ2n) is 3.67. The molecular formula is C14H8ClFN2O. The van der Waals surface area contributed by atoms with Gasteiger partial charge in [-0.05, 0) is 24.3 Å². The third kappa shape index (κ3) is 3.09. The Balaban J connectivity index is 2.26. The molecular weight excluding hydrogens is 267 g/mol. The fourth-order valence-electron chi connectivity index (χ4n) is 1.47. The lowest BCUT2D eigenvalue weighted by atomic mass is 10.2. The maximum Gasteiger partial charge on any atom is 0.258 e. The van der Waals surface area contributed by atoms with Crippen LogP contribution in [0.15, 0.2) is 36.5 Å². The summed E-state index contributed by atoms with van der Waals surface area (Å²) in [6, 6.07) is 7.75. The van der Waals surface area contributed by atoms with Gasteiger partial charge in [0.25, 0.3) is 5.91 Å². The molecule has 0 saturated heterocycles. The molecule has 2 rings (SSSR count). The fourth-order valence-corrected chi connectivity index (χ4v) is 1.66. The van der Waals surface area contributed by atoms with E-state index in [0.717, 1.165) is 12.3 Å². The van der Waals surface area contributed by atoms with E-state index >= 15 is 0 Å². The third-order valence-electron chi connectivity index (χ3n) is 2.34. The van der Waals surface area contributed by atoms with Crippen molar-refractivity contribution in [2.45, 2.75) is 0 Å². The zero-order valence-corrected chi connectivity index (χ0v) is 10.4. The number of nitrogens with one attached hydrogen (secondary N) is 1. The lowest BCUT2D eigenvalue weighted by Crippen LogP contribution is -2.13. The first kappa shape index (κ1) is 13.1. The predicted octanol–water partition coefficient (Wildman–Crippen LogP) is 3.11. The Morgan fingerprint density at radius 2 is 2.21 bits per heavy atom. The first-order valence-corrected chi connectivity index (χ1v) is 5.67. The molecule has 0 unspecified atom stereocenters. The summed E-state index contributed by atoms with van der Waals surface area (Å²) >= 11 is 5.74. The van der Waals surface area contributed by atoms with Crippen LogP contribution < -0.4 is 5.32 Å². The maximum absolute atomic E-state index is 13.0. The van der Waals surface area contributed by atoms with Crippen molar-refractivity contribution in [3.05, 3.63) is 58.6 Å². The van der Waals surface area contributed by atoms with Crippen LogP contribution in [0.4, 0.5) is 10.1 Å². The quantitative estimate of drug-likeness (QED) is 0.675. The molecule has 0 fully saturated rings. The minimum absolute atomic E-state index is 0.0345. The summed E-state index contributed by atoms with van der Waals surface area (Å²) in [6.45, 7) is 0. The van der Waals surface area contributed by atoms with E-state index in [0.29, 0.717) is 11.3 Å². The Kier molecular flexibility index (Phi) is 3.79. The lowest BCUT2D eigenvalue weighted by molar-refractivity contribution is 0.102. The first-order chi connectivity index (χ1) is 9.10. The van der Waals surface area contributed by atoms with E-state index in [1.807, 2.05) is 0 Å². The second-order valence-corrected chi connectivity index (χ2v) is 4.03. The van der Waals surface area contributed by atoms with Gasteiger partial charge in [-0.2, -0.15) is 0 Å². The van der Waals surface area contributed by atoms with Gasteiger partial charge in [0.05, 0.1) is 11.8 Å². The minimum atomic E-state index is -0.632. The summed E-state index contributed by atoms with van der Waals surface area (Å²) in [5.41, 5.74) is 1.09. The molecule has 5 heteroatoms. The fraction of sp³-hybridized carbons (Fsp3) is 0. The van der Waals surface area contributed by atoms with Gasteiger partial charge >= 0.3 is 0 Å². The van der Waals surface area contributed by atoms with Crippen LogP contribution >= 0.6 is 11.6 Å². The Morgan fingerprint density at radius 1 is 1.42 bits per heavy atom. The predicted molar refractivity (Wildman–Crippen MR) is 71.5 cm³/mol. The Labute approximate surface area is 114 Å². The molecule has 1 N–H and O–H groups in total. The van der Waals surface area contributed by atoms with Crippen LogP contribution in [0, 0.1) is 18.2 Å². The Hall–Kier alpha value is -2.38. The van der Waals surface area contributed by atoms with Crippen molar-refractivity contribution in [3.63, 3.8) is 0 Å². The van der Waals surface area contributed by atoms with Gasteiger partial charge in [-0.15, -0.1) is 6.42 Å². The molecule has 94 valence electrons. The number of aromatic nitrogens is 1. The van der Waals surface area contributed by atoms with E-state index in [4.69, 9.17) is 18.0 Å². The Bertz CT molecular complexity index is 679. The molecule has 0 bridgehead atoms. The topological polar surface area (TPSA) is 42.0 Å². The second kappa shape index (κ2) is 5.51. The van der Waals surface area contributed by atoms with Crippen molar-refractivity contribution in [2.75, 3.05) is 5.32 Å². The van der Waals surface area contributed by atoms with E-state index in [1.165, 1.54) is 0 Å². The average Bonchev–Trinajstić information content (AvgIpc) is 2.41. The Morgan fingerprint density at radius 3 is 2.95 bits per heavy atom. The van der Waals surface area contributed by atoms with Gasteiger partial charge in [-0.1, -0.05) is 23.6 Å². The van der Waals surface area contributed by atoms with Gasteiger partial charge in [-0.25, -0.2) is 9.37 Å². The van der Waals surface area contributed by atoms with Crippen LogP contribution in [0.3, 0.4) is 0 Å². The summed E-state index contributed by atoms with van der Waals surface area (Å²) in [5, 5.41) is 2.51. The molecule has 19 heavy (non-hydrogen) atoms. The number of pyridine rings is 1. The van der Waals surface area contributed by atoms with E-state index < -0.39 is 11.7 Å². The normalized spacial score (nSPS) is 9.74. The molecule has 0 aliphatic carbocycles. The van der Waals surface area contributed by atoms with Gasteiger partial charge in [-0.3, -0.25) is 4.79 Å². The highest BCUT2D eigenvalue weighted by atomic mass is 35.5. The number of terminal acetylenes is 1. The van der Waals surface area contributed by atoms with Crippen LogP contribution in [0.5, 0.6) is 0 Å². The van der Waals surface area contributed by atoms with Gasteiger partial charge in [0, 0.05) is 11.3 Å². The van der Waals surface area contributed by atoms with E-state index in [1.54, 1.807) is 24.3 Å². The van der Waals surface area contributed by atoms with Crippen LogP contribution in [0.1, 0.15) is 15.9 Å². The minimum Gasteiger partial charge on any atom is -0.322 e. The van der Waals surface area contributed by atoms with Crippen LogP contribution in [-0.2, 0) is 0 Å². The number of hydrogen-bond donors (Lipinski definition) is 1. The summed E-state index contributed by atoms with van der Waals surface area (Å²) in [4.78, 5) is 15.5. The number of carbonyl (C=O) groups is 1. The van der Waals surface area contributed by atoms with E-state index in [-0.39, 0.29) is 10.7 Å². The standard InChI is InChI=1S/C14H8ClFN2O/c1-2-9-4-3-5-11(6-9)18-14(19)12-7-10(16)8-17-13(12)15/h1,3-8H,(H,18,19).